The van der Waals surface area contributed by atoms with Crippen molar-refractivity contribution in [1.82, 2.24) is 34.7 Å². The number of hydrogen-bond donors (Lipinski definition) is 3. The molecular formula is C42H55N9O6. The lowest BCUT2D eigenvalue weighted by molar-refractivity contribution is -0.139. The van der Waals surface area contributed by atoms with Gasteiger partial charge in [-0.1, -0.05) is 44.9 Å². The number of hydrogen-bond acceptors (Lipinski definition) is 12. The molecule has 15 heteroatoms. The molecule has 3 aliphatic rings. The molecule has 7 rings (SSSR count). The Bertz CT molecular complexity index is 2090. The summed E-state index contributed by atoms with van der Waals surface area (Å²) in [4.78, 5) is 52.7. The molecule has 2 fully saturated rings. The zero-order valence-corrected chi connectivity index (χ0v) is 33.7. The van der Waals surface area contributed by atoms with Crippen LogP contribution in [-0.2, 0) is 22.6 Å². The van der Waals surface area contributed by atoms with Gasteiger partial charge in [0.1, 0.15) is 17.9 Å². The van der Waals surface area contributed by atoms with Gasteiger partial charge in [-0.2, -0.15) is 19.6 Å². The number of aliphatic hydroxyl groups is 1. The highest BCUT2D eigenvalue weighted by atomic mass is 16.5. The van der Waals surface area contributed by atoms with Crippen molar-refractivity contribution < 1.29 is 29.0 Å². The van der Waals surface area contributed by atoms with Gasteiger partial charge in [0.05, 0.1) is 23.9 Å². The molecular weight excluding hydrogens is 727 g/mol. The fraction of sp³-hybridized carbons (Fsp3) is 0.524. The third-order valence-electron chi connectivity index (χ3n) is 11.3. The van der Waals surface area contributed by atoms with Gasteiger partial charge in [-0.3, -0.25) is 24.6 Å². The van der Waals surface area contributed by atoms with Crippen LogP contribution in [0.4, 0.5) is 11.6 Å². The van der Waals surface area contributed by atoms with Crippen LogP contribution in [0, 0.1) is 0 Å². The lowest BCUT2D eigenvalue weighted by Crippen LogP contribution is -2.53. The summed E-state index contributed by atoms with van der Waals surface area (Å²) >= 11 is 0. The monoisotopic (exact) mass is 781 g/mol. The molecule has 0 aliphatic carbocycles. The van der Waals surface area contributed by atoms with E-state index in [-0.39, 0.29) is 30.8 Å². The number of nitrogens with zero attached hydrogens (tertiary/aromatic N) is 7. The van der Waals surface area contributed by atoms with Crippen molar-refractivity contribution in [1.29, 1.82) is 0 Å². The van der Waals surface area contributed by atoms with E-state index in [1.54, 1.807) is 22.7 Å². The van der Waals surface area contributed by atoms with Crippen molar-refractivity contribution >= 4 is 35.0 Å². The second-order valence-electron chi connectivity index (χ2n) is 15.9. The SMILES string of the molecule is CC(C)c1cnn2c(NCc3c(CCCCCCOc4cccc5c4C(O)N(C4CCC(=O)NC4=O)C5=O)cccc3N(C)C)nc(OC3CCN(C)CC3)nc12. The van der Waals surface area contributed by atoms with E-state index < -0.39 is 24.1 Å². The maximum Gasteiger partial charge on any atom is 0.322 e. The second-order valence-corrected chi connectivity index (χ2v) is 15.9. The molecule has 0 saturated carbocycles. The van der Waals surface area contributed by atoms with Gasteiger partial charge in [-0.05, 0) is 80.8 Å². The van der Waals surface area contributed by atoms with E-state index >= 15 is 0 Å². The maximum absolute atomic E-state index is 13.2. The van der Waals surface area contributed by atoms with Crippen LogP contribution in [0.2, 0.25) is 0 Å². The van der Waals surface area contributed by atoms with Gasteiger partial charge >= 0.3 is 6.01 Å². The molecule has 0 spiro atoms. The van der Waals surface area contributed by atoms with Crippen molar-refractivity contribution in [3.05, 3.63) is 70.4 Å². The molecule has 3 N–H and O–H groups in total. The van der Waals surface area contributed by atoms with Crippen LogP contribution in [0.5, 0.6) is 11.8 Å². The summed E-state index contributed by atoms with van der Waals surface area (Å²) in [5.41, 5.74) is 6.08. The first kappa shape index (κ1) is 39.9. The smallest absolute Gasteiger partial charge is 0.322 e. The number of benzene rings is 2. The summed E-state index contributed by atoms with van der Waals surface area (Å²) in [6.07, 6.45) is 7.39. The molecule has 0 bridgehead atoms. The van der Waals surface area contributed by atoms with Gasteiger partial charge in [0.2, 0.25) is 17.8 Å². The topological polar surface area (TPSA) is 167 Å². The molecule has 304 valence electrons. The highest BCUT2D eigenvalue weighted by Crippen LogP contribution is 2.40. The zero-order valence-electron chi connectivity index (χ0n) is 33.7. The number of ether oxygens (including phenoxy) is 2. The normalized spacial score (nSPS) is 19.0. The van der Waals surface area contributed by atoms with Gasteiger partial charge in [0.25, 0.3) is 5.91 Å². The summed E-state index contributed by atoms with van der Waals surface area (Å²) < 4.78 is 14.3. The van der Waals surface area contributed by atoms with Gasteiger partial charge in [0.15, 0.2) is 11.9 Å². The Kier molecular flexibility index (Phi) is 12.2. The second kappa shape index (κ2) is 17.5. The molecule has 3 aliphatic heterocycles. The lowest BCUT2D eigenvalue weighted by Gasteiger charge is -2.32. The summed E-state index contributed by atoms with van der Waals surface area (Å²) in [5.74, 6) is -0.133. The van der Waals surface area contributed by atoms with E-state index in [1.807, 2.05) is 6.20 Å². The van der Waals surface area contributed by atoms with Crippen LogP contribution in [0.3, 0.4) is 0 Å². The van der Waals surface area contributed by atoms with Crippen molar-refractivity contribution in [3.8, 4) is 11.8 Å². The number of carbonyl (C=O) groups is 3. The molecule has 2 unspecified atom stereocenters. The molecule has 2 atom stereocenters. The largest absolute Gasteiger partial charge is 0.493 e. The first-order valence-corrected chi connectivity index (χ1v) is 20.2. The average Bonchev–Trinajstić information content (AvgIpc) is 3.73. The zero-order chi connectivity index (χ0) is 40.2. The minimum atomic E-state index is -1.33. The number of rotatable bonds is 16. The van der Waals surface area contributed by atoms with Crippen molar-refractivity contribution in [2.45, 2.75) is 102 Å². The number of aromatic nitrogens is 4. The molecule has 5 heterocycles. The molecule has 57 heavy (non-hydrogen) atoms. The summed E-state index contributed by atoms with van der Waals surface area (Å²) in [7, 11) is 6.26. The maximum atomic E-state index is 13.2. The predicted octanol–water partition coefficient (Wildman–Crippen LogP) is 4.83. The molecule has 3 amide bonds. The number of unbranched alkanes of at least 4 members (excludes halogenated alkanes) is 3. The Morgan fingerprint density at radius 2 is 1.77 bits per heavy atom. The minimum absolute atomic E-state index is 0.0741. The highest BCUT2D eigenvalue weighted by molar-refractivity contribution is 6.06. The van der Waals surface area contributed by atoms with Crippen LogP contribution in [0.25, 0.3) is 5.65 Å². The molecule has 0 radical (unpaired) electrons. The number of aryl methyl sites for hydroxylation is 1. The van der Waals surface area contributed by atoms with Crippen LogP contribution < -0.4 is 25.0 Å². The first-order valence-electron chi connectivity index (χ1n) is 20.2. The number of piperidine rings is 2. The summed E-state index contributed by atoms with van der Waals surface area (Å²) in [6, 6.07) is 11.0. The third kappa shape index (κ3) is 8.69. The molecule has 15 nitrogen and oxygen atoms in total. The summed E-state index contributed by atoms with van der Waals surface area (Å²) in [6.45, 7) is 7.21. The Morgan fingerprint density at radius 1 is 1.00 bits per heavy atom. The fourth-order valence-corrected chi connectivity index (χ4v) is 8.07. The van der Waals surface area contributed by atoms with Crippen molar-refractivity contribution in [2.24, 2.45) is 0 Å². The van der Waals surface area contributed by atoms with Gasteiger partial charge < -0.3 is 29.7 Å². The van der Waals surface area contributed by atoms with E-state index in [0.717, 1.165) is 79.8 Å². The number of aliphatic hydroxyl groups excluding tert-OH is 1. The number of anilines is 2. The molecule has 2 aromatic heterocycles. The number of fused-ring (bicyclic) bond motifs is 2. The number of likely N-dealkylation sites (tertiary alicyclic amines) is 1. The van der Waals surface area contributed by atoms with E-state index in [2.05, 4.69) is 78.7 Å². The van der Waals surface area contributed by atoms with Crippen molar-refractivity contribution in [3.63, 3.8) is 0 Å². The molecule has 2 aromatic carbocycles. The lowest BCUT2D eigenvalue weighted by atomic mass is 9.98. The van der Waals surface area contributed by atoms with Gasteiger partial charge in [-0.25, -0.2) is 0 Å². The van der Waals surface area contributed by atoms with Crippen LogP contribution >= 0.6 is 0 Å². The number of imide groups is 1. The van der Waals surface area contributed by atoms with E-state index in [4.69, 9.17) is 19.4 Å². The number of amides is 3. The van der Waals surface area contributed by atoms with Gasteiger partial charge in [0, 0.05) is 51.4 Å². The number of carbonyl (C=O) groups excluding carboxylic acids is 3. The Balaban J connectivity index is 0.959. The molecule has 2 saturated heterocycles. The average molecular weight is 782 g/mol. The van der Waals surface area contributed by atoms with Crippen LogP contribution in [0.1, 0.15) is 110 Å². The predicted molar refractivity (Wildman–Crippen MR) is 216 cm³/mol. The standard InChI is InChI=1S/C42H55N9O6/c1-26(2)30-25-44-51-37(30)46-42(57-28-19-21-49(5)22-20-28)47-41(51)43-24-31-27(13-10-15-32(31)48(3)4)12-8-6-7-9-23-56-34-16-11-14-29-36(34)40(55)50(39(29)54)33-17-18-35(52)45-38(33)53/h10-11,13-16,25-26,28,33,40,55H,6-9,12,17-24H2,1-5H3,(H,43,46,47)(H,45,52,53). The summed E-state index contributed by atoms with van der Waals surface area (Å²) in [5, 5.41) is 21.7. The van der Waals surface area contributed by atoms with Crippen molar-refractivity contribution in [2.75, 3.05) is 51.1 Å². The van der Waals surface area contributed by atoms with Crippen LogP contribution in [0.15, 0.2) is 42.6 Å². The quantitative estimate of drug-likeness (QED) is 0.105. The van der Waals surface area contributed by atoms with E-state index in [1.165, 1.54) is 11.1 Å². The fourth-order valence-electron chi connectivity index (χ4n) is 8.07. The Hall–Kier alpha value is -5.28. The van der Waals surface area contributed by atoms with E-state index in [0.29, 0.717) is 42.0 Å². The minimum Gasteiger partial charge on any atom is -0.493 e. The highest BCUT2D eigenvalue weighted by Gasteiger charge is 2.45. The Labute approximate surface area is 333 Å². The van der Waals surface area contributed by atoms with Crippen LogP contribution in [-0.4, -0.2) is 105 Å². The Morgan fingerprint density at radius 3 is 2.53 bits per heavy atom. The third-order valence-corrected chi connectivity index (χ3v) is 11.3. The number of nitrogens with one attached hydrogen (secondary N) is 2. The molecule has 4 aromatic rings. The van der Waals surface area contributed by atoms with Gasteiger partial charge in [-0.15, -0.1) is 0 Å². The van der Waals surface area contributed by atoms with E-state index in [9.17, 15) is 19.5 Å². The first-order chi connectivity index (χ1) is 27.5.